The number of hydrogen-bond acceptors (Lipinski definition) is 3. The molecule has 0 spiro atoms. The van der Waals surface area contributed by atoms with E-state index >= 15 is 0 Å². The number of aliphatic hydroxyl groups excluding tert-OH is 1. The van der Waals surface area contributed by atoms with Gasteiger partial charge in [-0.05, 0) is 35.4 Å². The summed E-state index contributed by atoms with van der Waals surface area (Å²) in [6.07, 6.45) is 0. The number of rotatable bonds is 5. The molecule has 2 rings (SSSR count). The molecule has 0 aromatic heterocycles. The van der Waals surface area contributed by atoms with E-state index in [4.69, 9.17) is 14.6 Å². The molecule has 0 aliphatic rings. The molecule has 0 bridgehead atoms. The second kappa shape index (κ2) is 8.11. The predicted octanol–water partition coefficient (Wildman–Crippen LogP) is 2.76. The van der Waals surface area contributed by atoms with Crippen molar-refractivity contribution in [2.75, 3.05) is 13.7 Å². The first-order chi connectivity index (χ1) is 10.3. The standard InChI is InChI=1S/C18H18O3/c1-20-18-10-8-17(9-11-18)14-21-13-16-6-4-15(5-7-16)3-2-12-19/h4-11,19H,12-14H2,1H3. The highest BCUT2D eigenvalue weighted by atomic mass is 16.5. The van der Waals surface area contributed by atoms with Crippen LogP contribution in [-0.2, 0) is 18.0 Å². The Morgan fingerprint density at radius 3 is 2.00 bits per heavy atom. The highest BCUT2D eigenvalue weighted by molar-refractivity contribution is 5.36. The summed E-state index contributed by atoms with van der Waals surface area (Å²) in [6.45, 7) is 1.00. The van der Waals surface area contributed by atoms with Crippen LogP contribution in [0.3, 0.4) is 0 Å². The van der Waals surface area contributed by atoms with Crippen LogP contribution < -0.4 is 4.74 Å². The van der Waals surface area contributed by atoms with Crippen molar-refractivity contribution in [1.82, 2.24) is 0 Å². The van der Waals surface area contributed by atoms with E-state index in [-0.39, 0.29) is 6.61 Å². The summed E-state index contributed by atoms with van der Waals surface area (Å²) in [5, 5.41) is 8.64. The normalized spacial score (nSPS) is 9.81. The summed E-state index contributed by atoms with van der Waals surface area (Å²) >= 11 is 0. The number of hydrogen-bond donors (Lipinski definition) is 1. The smallest absolute Gasteiger partial charge is 0.118 e. The molecule has 0 heterocycles. The molecule has 2 aromatic rings. The van der Waals surface area contributed by atoms with Crippen LogP contribution >= 0.6 is 0 Å². The maximum absolute atomic E-state index is 8.64. The van der Waals surface area contributed by atoms with Crippen LogP contribution in [0.2, 0.25) is 0 Å². The van der Waals surface area contributed by atoms with Gasteiger partial charge >= 0.3 is 0 Å². The predicted molar refractivity (Wildman–Crippen MR) is 81.9 cm³/mol. The molecule has 0 aliphatic carbocycles. The third kappa shape index (κ3) is 4.96. The van der Waals surface area contributed by atoms with Gasteiger partial charge in [-0.15, -0.1) is 0 Å². The number of methoxy groups -OCH3 is 1. The van der Waals surface area contributed by atoms with Crippen LogP contribution in [0.4, 0.5) is 0 Å². The molecule has 0 saturated carbocycles. The lowest BCUT2D eigenvalue weighted by molar-refractivity contribution is 0.107. The van der Waals surface area contributed by atoms with Crippen molar-refractivity contribution in [2.24, 2.45) is 0 Å². The zero-order valence-electron chi connectivity index (χ0n) is 12.0. The average molecular weight is 282 g/mol. The van der Waals surface area contributed by atoms with Crippen molar-refractivity contribution in [3.05, 3.63) is 65.2 Å². The van der Waals surface area contributed by atoms with Gasteiger partial charge in [0.05, 0.1) is 20.3 Å². The molecule has 3 heteroatoms. The molecule has 2 aromatic carbocycles. The van der Waals surface area contributed by atoms with Crippen molar-refractivity contribution in [3.63, 3.8) is 0 Å². The maximum atomic E-state index is 8.64. The van der Waals surface area contributed by atoms with Gasteiger partial charge in [-0.1, -0.05) is 36.1 Å². The van der Waals surface area contributed by atoms with E-state index < -0.39 is 0 Å². The van der Waals surface area contributed by atoms with Crippen LogP contribution in [0.5, 0.6) is 5.75 Å². The highest BCUT2D eigenvalue weighted by Crippen LogP contribution is 2.13. The maximum Gasteiger partial charge on any atom is 0.118 e. The van der Waals surface area contributed by atoms with Gasteiger partial charge in [0.2, 0.25) is 0 Å². The molecule has 0 atom stereocenters. The highest BCUT2D eigenvalue weighted by Gasteiger charge is 1.97. The van der Waals surface area contributed by atoms with E-state index in [2.05, 4.69) is 11.8 Å². The van der Waals surface area contributed by atoms with Gasteiger partial charge in [-0.3, -0.25) is 0 Å². The molecule has 0 radical (unpaired) electrons. The van der Waals surface area contributed by atoms with Crippen LogP contribution in [0.15, 0.2) is 48.5 Å². The lowest BCUT2D eigenvalue weighted by atomic mass is 10.1. The fourth-order valence-electron chi connectivity index (χ4n) is 1.83. The number of ether oxygens (including phenoxy) is 2. The van der Waals surface area contributed by atoms with Gasteiger partial charge < -0.3 is 14.6 Å². The van der Waals surface area contributed by atoms with Gasteiger partial charge in [0, 0.05) is 5.56 Å². The Bertz CT molecular complexity index is 604. The number of benzene rings is 2. The second-order valence-electron chi connectivity index (χ2n) is 4.50. The summed E-state index contributed by atoms with van der Waals surface area (Å²) in [7, 11) is 1.65. The largest absolute Gasteiger partial charge is 0.497 e. The van der Waals surface area contributed by atoms with Gasteiger partial charge in [0.15, 0.2) is 0 Å². The molecule has 0 unspecified atom stereocenters. The third-order valence-corrected chi connectivity index (χ3v) is 2.96. The molecule has 0 saturated heterocycles. The van der Waals surface area contributed by atoms with Crippen molar-refractivity contribution in [2.45, 2.75) is 13.2 Å². The quantitative estimate of drug-likeness (QED) is 0.857. The first-order valence-electron chi connectivity index (χ1n) is 6.71. The lowest BCUT2D eigenvalue weighted by Crippen LogP contribution is -1.94. The SMILES string of the molecule is COc1ccc(COCc2ccc(C#CCO)cc2)cc1. The van der Waals surface area contributed by atoms with Crippen LogP contribution in [0, 0.1) is 11.8 Å². The topological polar surface area (TPSA) is 38.7 Å². The molecule has 108 valence electrons. The Hall–Kier alpha value is -2.28. The van der Waals surface area contributed by atoms with E-state index in [1.165, 1.54) is 0 Å². The molecule has 0 amide bonds. The van der Waals surface area contributed by atoms with Gasteiger partial charge in [-0.25, -0.2) is 0 Å². The van der Waals surface area contributed by atoms with Crippen molar-refractivity contribution in [3.8, 4) is 17.6 Å². The average Bonchev–Trinajstić information content (AvgIpc) is 2.55. The van der Waals surface area contributed by atoms with Crippen LogP contribution in [-0.4, -0.2) is 18.8 Å². The number of aliphatic hydroxyl groups is 1. The first-order valence-corrected chi connectivity index (χ1v) is 6.71. The van der Waals surface area contributed by atoms with E-state index in [0.717, 1.165) is 22.4 Å². The molecule has 1 N–H and O–H groups in total. The monoisotopic (exact) mass is 282 g/mol. The first kappa shape index (κ1) is 15.1. The van der Waals surface area contributed by atoms with Crippen molar-refractivity contribution < 1.29 is 14.6 Å². The van der Waals surface area contributed by atoms with E-state index in [0.29, 0.717) is 13.2 Å². The van der Waals surface area contributed by atoms with Crippen LogP contribution in [0.1, 0.15) is 16.7 Å². The molecule has 21 heavy (non-hydrogen) atoms. The Balaban J connectivity index is 1.82. The molecular weight excluding hydrogens is 264 g/mol. The summed E-state index contributed by atoms with van der Waals surface area (Å²) in [5.74, 6) is 6.33. The van der Waals surface area contributed by atoms with E-state index in [9.17, 15) is 0 Å². The van der Waals surface area contributed by atoms with Crippen molar-refractivity contribution in [1.29, 1.82) is 0 Å². The van der Waals surface area contributed by atoms with Crippen molar-refractivity contribution >= 4 is 0 Å². The minimum Gasteiger partial charge on any atom is -0.497 e. The molecule has 0 fully saturated rings. The fraction of sp³-hybridized carbons (Fsp3) is 0.222. The summed E-state index contributed by atoms with van der Waals surface area (Å²) in [4.78, 5) is 0. The molecule has 0 aliphatic heterocycles. The third-order valence-electron chi connectivity index (χ3n) is 2.96. The minimum atomic E-state index is -0.118. The Labute approximate surface area is 125 Å². The fourth-order valence-corrected chi connectivity index (χ4v) is 1.83. The Morgan fingerprint density at radius 2 is 1.48 bits per heavy atom. The van der Waals surface area contributed by atoms with Gasteiger partial charge in [0.1, 0.15) is 12.4 Å². The Kier molecular flexibility index (Phi) is 5.83. The van der Waals surface area contributed by atoms with E-state index in [1.54, 1.807) is 7.11 Å². The zero-order chi connectivity index (χ0) is 14.9. The summed E-state index contributed by atoms with van der Waals surface area (Å²) in [5.41, 5.74) is 3.10. The second-order valence-corrected chi connectivity index (χ2v) is 4.50. The molecular formula is C18H18O3. The van der Waals surface area contributed by atoms with E-state index in [1.807, 2.05) is 48.5 Å². The Morgan fingerprint density at radius 1 is 0.905 bits per heavy atom. The van der Waals surface area contributed by atoms with Gasteiger partial charge in [-0.2, -0.15) is 0 Å². The summed E-state index contributed by atoms with van der Waals surface area (Å²) in [6, 6.07) is 15.6. The lowest BCUT2D eigenvalue weighted by Gasteiger charge is -2.06. The molecule has 3 nitrogen and oxygen atoms in total. The minimum absolute atomic E-state index is 0.118. The van der Waals surface area contributed by atoms with Crippen LogP contribution in [0.25, 0.3) is 0 Å². The zero-order valence-corrected chi connectivity index (χ0v) is 12.0. The summed E-state index contributed by atoms with van der Waals surface area (Å²) < 4.78 is 10.8. The van der Waals surface area contributed by atoms with Gasteiger partial charge in [0.25, 0.3) is 0 Å².